The molecule has 5 unspecified atom stereocenters. The summed E-state index contributed by atoms with van der Waals surface area (Å²) in [7, 11) is 0. The van der Waals surface area contributed by atoms with Crippen molar-refractivity contribution in [3.8, 4) is 5.75 Å². The quantitative estimate of drug-likeness (QED) is 0.248. The second-order valence-electron chi connectivity index (χ2n) is 9.36. The van der Waals surface area contributed by atoms with E-state index < -0.39 is 76.0 Å². The Balaban J connectivity index is 1.97. The molecule has 10 nitrogen and oxygen atoms in total. The van der Waals surface area contributed by atoms with E-state index in [-0.39, 0.29) is 11.3 Å². The fourth-order valence-corrected chi connectivity index (χ4v) is 5.82. The number of nitrogens with two attached hydrogens (primary N) is 1. The Hall–Kier alpha value is -3.89. The fraction of sp³-hybridized carbons (Fsp3) is 0.346. The zero-order valence-corrected chi connectivity index (χ0v) is 19.6. The van der Waals surface area contributed by atoms with Crippen molar-refractivity contribution in [3.05, 3.63) is 65.5 Å². The Labute approximate surface area is 207 Å². The number of amides is 1. The molecular weight excluding hydrogens is 468 g/mol. The maximum atomic E-state index is 13.7. The van der Waals surface area contributed by atoms with Gasteiger partial charge in [0.15, 0.2) is 11.4 Å². The summed E-state index contributed by atoms with van der Waals surface area (Å²) in [6.07, 6.45) is 1.06. The Morgan fingerprint density at radius 2 is 1.81 bits per heavy atom. The number of carbonyl (C=O) groups is 3. The van der Waals surface area contributed by atoms with Crippen molar-refractivity contribution in [2.24, 2.45) is 17.6 Å². The van der Waals surface area contributed by atoms with Gasteiger partial charge >= 0.3 is 0 Å². The molecule has 0 heterocycles. The number of nitrogens with zero attached hydrogens (tertiary/aromatic N) is 1. The van der Waals surface area contributed by atoms with Crippen LogP contribution in [0.1, 0.15) is 30.4 Å². The third kappa shape index (κ3) is 3.21. The molecule has 7 N–H and O–H groups in total. The second kappa shape index (κ2) is 8.65. The lowest BCUT2D eigenvalue weighted by atomic mass is 9.55. The molecule has 3 aliphatic carbocycles. The van der Waals surface area contributed by atoms with Crippen molar-refractivity contribution in [1.82, 2.24) is 0 Å². The smallest absolute Gasteiger partial charge is 0.255 e. The molecule has 36 heavy (non-hydrogen) atoms. The molecular formula is C26H28N2O8. The molecule has 5 atom stereocenters. The first-order valence-electron chi connectivity index (χ1n) is 11.4. The molecule has 0 bridgehead atoms. The Morgan fingerprint density at radius 3 is 2.36 bits per heavy atom. The van der Waals surface area contributed by atoms with E-state index in [2.05, 4.69) is 13.2 Å². The highest BCUT2D eigenvalue weighted by Crippen LogP contribution is 2.56. The van der Waals surface area contributed by atoms with Crippen molar-refractivity contribution < 1.29 is 39.9 Å². The number of carbonyl (C=O) groups excluding carboxylic acids is 3. The number of Topliss-reactive ketones (excluding diaryl/α,β-unsaturated/α-hetero) is 2. The van der Waals surface area contributed by atoms with Crippen molar-refractivity contribution >= 4 is 28.9 Å². The summed E-state index contributed by atoms with van der Waals surface area (Å²) in [5.74, 6) is -8.86. The van der Waals surface area contributed by atoms with Gasteiger partial charge in [0.05, 0.1) is 17.4 Å². The van der Waals surface area contributed by atoms with E-state index in [1.54, 1.807) is 36.1 Å². The summed E-state index contributed by atoms with van der Waals surface area (Å²) in [6, 6.07) is 3.30. The normalized spacial score (nSPS) is 29.3. The number of hydrogen-bond donors (Lipinski definition) is 6. The van der Waals surface area contributed by atoms with Gasteiger partial charge in [-0.2, -0.15) is 0 Å². The third-order valence-corrected chi connectivity index (χ3v) is 7.52. The number of phenolic OH excluding ortho intramolecular Hbond substituents is 1. The summed E-state index contributed by atoms with van der Waals surface area (Å²) in [5.41, 5.74) is 1.70. The maximum absolute atomic E-state index is 13.7. The summed E-state index contributed by atoms with van der Waals surface area (Å²) in [6.45, 7) is 9.76. The molecule has 1 amide bonds. The first-order chi connectivity index (χ1) is 16.9. The van der Waals surface area contributed by atoms with Crippen LogP contribution in [-0.4, -0.2) is 67.8 Å². The number of fused-ring (bicyclic) bond motifs is 3. The number of phenols is 1. The number of aromatic hydroxyl groups is 1. The van der Waals surface area contributed by atoms with E-state index >= 15 is 0 Å². The monoisotopic (exact) mass is 496 g/mol. The van der Waals surface area contributed by atoms with E-state index in [4.69, 9.17) is 5.73 Å². The van der Waals surface area contributed by atoms with Crippen LogP contribution in [0.25, 0.3) is 5.76 Å². The minimum Gasteiger partial charge on any atom is -0.508 e. The summed E-state index contributed by atoms with van der Waals surface area (Å²) >= 11 is 0. The van der Waals surface area contributed by atoms with E-state index in [9.17, 15) is 39.9 Å². The largest absolute Gasteiger partial charge is 0.508 e. The van der Waals surface area contributed by atoms with Crippen LogP contribution in [0.3, 0.4) is 0 Å². The molecule has 0 radical (unpaired) electrons. The van der Waals surface area contributed by atoms with Gasteiger partial charge in [0.2, 0.25) is 5.78 Å². The van der Waals surface area contributed by atoms with Crippen LogP contribution in [0, 0.1) is 11.8 Å². The van der Waals surface area contributed by atoms with Crippen LogP contribution >= 0.6 is 0 Å². The molecule has 1 aromatic carbocycles. The van der Waals surface area contributed by atoms with Crippen LogP contribution in [0.15, 0.2) is 54.3 Å². The molecule has 0 saturated heterocycles. The lowest BCUT2D eigenvalue weighted by Crippen LogP contribution is -2.63. The number of aliphatic hydroxyl groups is 4. The second-order valence-corrected chi connectivity index (χ2v) is 9.36. The third-order valence-electron chi connectivity index (χ3n) is 7.52. The van der Waals surface area contributed by atoms with Gasteiger partial charge in [-0.1, -0.05) is 25.1 Å². The van der Waals surface area contributed by atoms with Gasteiger partial charge in [-0.05, 0) is 17.5 Å². The van der Waals surface area contributed by atoms with Crippen molar-refractivity contribution in [3.63, 3.8) is 0 Å². The van der Waals surface area contributed by atoms with Gasteiger partial charge in [0.25, 0.3) is 5.91 Å². The molecule has 0 spiro atoms. The van der Waals surface area contributed by atoms with Gasteiger partial charge < -0.3 is 36.2 Å². The first-order valence-corrected chi connectivity index (χ1v) is 11.4. The average molecular weight is 497 g/mol. The van der Waals surface area contributed by atoms with Gasteiger partial charge in [0, 0.05) is 36.9 Å². The number of ketones is 2. The molecule has 4 rings (SSSR count). The lowest BCUT2D eigenvalue weighted by molar-refractivity contribution is -0.160. The van der Waals surface area contributed by atoms with Crippen LogP contribution in [0.4, 0.5) is 5.69 Å². The van der Waals surface area contributed by atoms with Gasteiger partial charge in [-0.15, -0.1) is 13.2 Å². The zero-order chi connectivity index (χ0) is 26.7. The van der Waals surface area contributed by atoms with E-state index in [0.717, 1.165) is 0 Å². The molecule has 0 aliphatic heterocycles. The van der Waals surface area contributed by atoms with Gasteiger partial charge in [-0.3, -0.25) is 14.4 Å². The standard InChI is InChI=1S/C26H28N2O8/c1-4-8-28(9-5-2)14-7-6-12-11(3)16-19(22(32)17(12)21(14)31)24(34)26(36)13(20(16)30)10-15(29)18(23(26)33)25(27)35/h4-7,11,13,16,20,30-33,36H,1-2,8-10H2,3H3,(H2,27,35). The summed E-state index contributed by atoms with van der Waals surface area (Å²) in [4.78, 5) is 39.7. The van der Waals surface area contributed by atoms with Crippen molar-refractivity contribution in [2.75, 3.05) is 18.0 Å². The number of anilines is 1. The molecule has 1 aromatic rings. The zero-order valence-electron chi connectivity index (χ0n) is 19.6. The van der Waals surface area contributed by atoms with Gasteiger partial charge in [0.1, 0.15) is 22.8 Å². The summed E-state index contributed by atoms with van der Waals surface area (Å²) < 4.78 is 0. The number of hydrogen-bond acceptors (Lipinski definition) is 9. The molecule has 1 fully saturated rings. The predicted molar refractivity (Wildman–Crippen MR) is 130 cm³/mol. The molecule has 1 saturated carbocycles. The van der Waals surface area contributed by atoms with E-state index in [1.807, 2.05) is 0 Å². The molecule has 0 aromatic heterocycles. The average Bonchev–Trinajstić information content (AvgIpc) is 2.81. The van der Waals surface area contributed by atoms with Crippen molar-refractivity contribution in [1.29, 1.82) is 0 Å². The molecule has 3 aliphatic rings. The van der Waals surface area contributed by atoms with Crippen LogP contribution in [-0.2, 0) is 14.4 Å². The van der Waals surface area contributed by atoms with Gasteiger partial charge in [-0.25, -0.2) is 0 Å². The first kappa shape index (κ1) is 25.2. The number of benzene rings is 1. The SMILES string of the molecule is C=CCN(CC=C)c1ccc2c(c1O)C(O)=C1C(=O)C3(O)C(O)=C(C(N)=O)C(=O)CC3C(O)C1C2C. The highest BCUT2D eigenvalue weighted by atomic mass is 16.4. The number of rotatable bonds is 6. The number of primary amides is 1. The fourth-order valence-electron chi connectivity index (χ4n) is 5.82. The molecule has 10 heteroatoms. The highest BCUT2D eigenvalue weighted by Gasteiger charge is 2.64. The lowest BCUT2D eigenvalue weighted by Gasteiger charge is -2.50. The minimum atomic E-state index is -2.86. The topological polar surface area (TPSA) is 182 Å². The van der Waals surface area contributed by atoms with Crippen LogP contribution < -0.4 is 10.6 Å². The number of aliphatic hydroxyl groups excluding tert-OH is 3. The maximum Gasteiger partial charge on any atom is 0.255 e. The van der Waals surface area contributed by atoms with E-state index in [0.29, 0.717) is 24.3 Å². The van der Waals surface area contributed by atoms with Crippen molar-refractivity contribution in [2.45, 2.75) is 31.0 Å². The van der Waals surface area contributed by atoms with Crippen LogP contribution in [0.5, 0.6) is 5.75 Å². The Morgan fingerprint density at radius 1 is 1.19 bits per heavy atom. The minimum absolute atomic E-state index is 0.0579. The van der Waals surface area contributed by atoms with Crippen LogP contribution in [0.2, 0.25) is 0 Å². The predicted octanol–water partition coefficient (Wildman–Crippen LogP) is 1.13. The Kier molecular flexibility index (Phi) is 6.06. The highest BCUT2D eigenvalue weighted by molar-refractivity contribution is 6.23. The Bertz CT molecular complexity index is 1270. The summed E-state index contributed by atoms with van der Waals surface area (Å²) in [5, 5.41) is 55.8. The molecule has 190 valence electrons. The van der Waals surface area contributed by atoms with E-state index in [1.165, 1.54) is 0 Å².